The molecule has 0 saturated carbocycles. The number of halogens is 1. The van der Waals surface area contributed by atoms with E-state index >= 15 is 0 Å². The van der Waals surface area contributed by atoms with Crippen LogP contribution in [0.5, 0.6) is 11.5 Å². The quantitative estimate of drug-likeness (QED) is 0.514. The molecule has 1 aliphatic rings. The molecule has 32 heavy (non-hydrogen) atoms. The first kappa shape index (κ1) is 22.0. The van der Waals surface area contributed by atoms with Crippen LogP contribution in [0.4, 0.5) is 5.69 Å². The summed E-state index contributed by atoms with van der Waals surface area (Å²) in [5, 5.41) is 5.12. The van der Waals surface area contributed by atoms with Crippen LogP contribution in [0.2, 0.25) is 5.02 Å². The molecule has 0 saturated heterocycles. The van der Waals surface area contributed by atoms with Crippen LogP contribution in [0.1, 0.15) is 29.8 Å². The molecule has 7 heteroatoms. The molecular formula is C25H25ClN2O4. The number of ether oxygens (including phenoxy) is 2. The predicted molar refractivity (Wildman–Crippen MR) is 126 cm³/mol. The molecule has 0 atom stereocenters. The minimum absolute atomic E-state index is 0.0439. The second-order valence-electron chi connectivity index (χ2n) is 7.43. The summed E-state index contributed by atoms with van der Waals surface area (Å²) >= 11 is 6.29. The van der Waals surface area contributed by atoms with E-state index in [0.717, 1.165) is 16.3 Å². The van der Waals surface area contributed by atoms with Crippen LogP contribution in [0, 0.1) is 0 Å². The lowest BCUT2D eigenvalue weighted by atomic mass is 10.1. The minimum atomic E-state index is -0.217. The summed E-state index contributed by atoms with van der Waals surface area (Å²) in [5.41, 5.74) is 2.32. The summed E-state index contributed by atoms with van der Waals surface area (Å²) in [6.07, 6.45) is 0.636. The number of carbonyl (C=O) groups is 2. The summed E-state index contributed by atoms with van der Waals surface area (Å²) in [6, 6.07) is 14.8. The van der Waals surface area contributed by atoms with E-state index in [2.05, 4.69) is 5.32 Å². The highest BCUT2D eigenvalue weighted by atomic mass is 35.5. The summed E-state index contributed by atoms with van der Waals surface area (Å²) < 4.78 is 11.2. The van der Waals surface area contributed by atoms with Gasteiger partial charge in [-0.15, -0.1) is 0 Å². The Morgan fingerprint density at radius 1 is 1.03 bits per heavy atom. The van der Waals surface area contributed by atoms with E-state index in [0.29, 0.717) is 54.0 Å². The van der Waals surface area contributed by atoms with Crippen molar-refractivity contribution in [3.05, 3.63) is 64.7 Å². The normalized spacial score (nSPS) is 12.3. The standard InChI is InChI=1S/C25H25ClN2O4/c1-3-31-21-11-8-16(14-22(21)32-4-2)12-13-27-23(29)15-28-20-10-9-19(26)17-6-5-7-18(24(17)20)25(28)30/h5-11,14H,3-4,12-13,15H2,1-2H3,(H,27,29). The SMILES string of the molecule is CCOc1ccc(CCNC(=O)CN2C(=O)c3cccc4c(Cl)ccc2c34)cc1OCC. The molecule has 0 spiro atoms. The second kappa shape index (κ2) is 9.49. The molecule has 0 bridgehead atoms. The third kappa shape index (κ3) is 4.23. The Morgan fingerprint density at radius 2 is 1.81 bits per heavy atom. The summed E-state index contributed by atoms with van der Waals surface area (Å²) in [5.74, 6) is 1.01. The highest BCUT2D eigenvalue weighted by Crippen LogP contribution is 2.40. The van der Waals surface area contributed by atoms with Crippen molar-refractivity contribution in [1.29, 1.82) is 0 Å². The summed E-state index contributed by atoms with van der Waals surface area (Å²) in [6.45, 7) is 5.37. The topological polar surface area (TPSA) is 67.9 Å². The maximum atomic E-state index is 12.9. The highest BCUT2D eigenvalue weighted by Gasteiger charge is 2.31. The van der Waals surface area contributed by atoms with Gasteiger partial charge < -0.3 is 14.8 Å². The molecular weight excluding hydrogens is 428 g/mol. The molecule has 0 unspecified atom stereocenters. The van der Waals surface area contributed by atoms with E-state index in [1.165, 1.54) is 4.90 Å². The van der Waals surface area contributed by atoms with Crippen molar-refractivity contribution in [3.63, 3.8) is 0 Å². The average molecular weight is 453 g/mol. The maximum absolute atomic E-state index is 12.9. The molecule has 3 aromatic rings. The average Bonchev–Trinajstić information content (AvgIpc) is 3.05. The lowest BCUT2D eigenvalue weighted by Gasteiger charge is -2.17. The number of anilines is 1. The largest absolute Gasteiger partial charge is 0.490 e. The van der Waals surface area contributed by atoms with Crippen molar-refractivity contribution in [2.24, 2.45) is 0 Å². The number of rotatable bonds is 9. The number of hydrogen-bond acceptors (Lipinski definition) is 4. The van der Waals surface area contributed by atoms with E-state index < -0.39 is 0 Å². The van der Waals surface area contributed by atoms with Crippen molar-refractivity contribution in [1.82, 2.24) is 5.32 Å². The Morgan fingerprint density at radius 3 is 2.59 bits per heavy atom. The van der Waals surface area contributed by atoms with Crippen LogP contribution < -0.4 is 19.7 Å². The third-order valence-electron chi connectivity index (χ3n) is 5.38. The van der Waals surface area contributed by atoms with Crippen molar-refractivity contribution in [2.45, 2.75) is 20.3 Å². The molecule has 1 aliphatic heterocycles. The zero-order valence-electron chi connectivity index (χ0n) is 18.1. The van der Waals surface area contributed by atoms with Gasteiger partial charge in [0.15, 0.2) is 11.5 Å². The summed E-state index contributed by atoms with van der Waals surface area (Å²) in [4.78, 5) is 27.0. The molecule has 0 aromatic heterocycles. The van der Waals surface area contributed by atoms with Gasteiger partial charge in [-0.2, -0.15) is 0 Å². The van der Waals surface area contributed by atoms with E-state index in [-0.39, 0.29) is 18.4 Å². The van der Waals surface area contributed by atoms with Crippen LogP contribution in [0.15, 0.2) is 48.5 Å². The number of benzene rings is 3. The van der Waals surface area contributed by atoms with Crippen LogP contribution >= 0.6 is 11.6 Å². The zero-order valence-corrected chi connectivity index (χ0v) is 18.9. The predicted octanol–water partition coefficient (Wildman–Crippen LogP) is 4.61. The van der Waals surface area contributed by atoms with Gasteiger partial charge in [0.1, 0.15) is 6.54 Å². The van der Waals surface area contributed by atoms with Crippen molar-refractivity contribution in [2.75, 3.05) is 31.2 Å². The van der Waals surface area contributed by atoms with Crippen LogP contribution in [-0.4, -0.2) is 38.1 Å². The van der Waals surface area contributed by atoms with Crippen LogP contribution in [0.3, 0.4) is 0 Å². The van der Waals surface area contributed by atoms with Gasteiger partial charge in [-0.25, -0.2) is 0 Å². The molecule has 4 rings (SSSR count). The number of amides is 2. The van der Waals surface area contributed by atoms with Gasteiger partial charge in [0.05, 0.1) is 18.9 Å². The minimum Gasteiger partial charge on any atom is -0.490 e. The first-order valence-corrected chi connectivity index (χ1v) is 11.1. The molecule has 0 aliphatic carbocycles. The Bertz CT molecular complexity index is 1180. The maximum Gasteiger partial charge on any atom is 0.259 e. The smallest absolute Gasteiger partial charge is 0.259 e. The fraction of sp³-hybridized carbons (Fsp3) is 0.280. The highest BCUT2D eigenvalue weighted by molar-refractivity contribution is 6.38. The number of hydrogen-bond donors (Lipinski definition) is 1. The third-order valence-corrected chi connectivity index (χ3v) is 5.71. The van der Waals surface area contributed by atoms with Crippen molar-refractivity contribution >= 4 is 39.9 Å². The Labute approximate surface area is 192 Å². The Balaban J connectivity index is 1.39. The lowest BCUT2D eigenvalue weighted by Crippen LogP contribution is -2.39. The monoisotopic (exact) mass is 452 g/mol. The van der Waals surface area contributed by atoms with E-state index in [1.54, 1.807) is 18.2 Å². The van der Waals surface area contributed by atoms with Crippen LogP contribution in [0.25, 0.3) is 10.8 Å². The molecule has 3 aromatic carbocycles. The molecule has 1 N–H and O–H groups in total. The van der Waals surface area contributed by atoms with Gasteiger partial charge in [-0.05, 0) is 56.2 Å². The molecule has 0 fully saturated rings. The van der Waals surface area contributed by atoms with Gasteiger partial charge in [0, 0.05) is 27.9 Å². The first-order valence-electron chi connectivity index (χ1n) is 10.7. The fourth-order valence-corrected chi connectivity index (χ4v) is 4.18. The Hall–Kier alpha value is -3.25. The molecule has 166 valence electrons. The molecule has 6 nitrogen and oxygen atoms in total. The first-order chi connectivity index (χ1) is 15.5. The summed E-state index contributed by atoms with van der Waals surface area (Å²) in [7, 11) is 0. The van der Waals surface area contributed by atoms with Gasteiger partial charge in [-0.3, -0.25) is 14.5 Å². The molecule has 2 amide bonds. The Kier molecular flexibility index (Phi) is 6.51. The van der Waals surface area contributed by atoms with E-state index in [9.17, 15) is 9.59 Å². The van der Waals surface area contributed by atoms with Crippen molar-refractivity contribution < 1.29 is 19.1 Å². The van der Waals surface area contributed by atoms with E-state index in [1.807, 2.05) is 44.2 Å². The zero-order chi connectivity index (χ0) is 22.7. The van der Waals surface area contributed by atoms with Crippen LogP contribution in [-0.2, 0) is 11.2 Å². The van der Waals surface area contributed by atoms with Gasteiger partial charge in [0.25, 0.3) is 5.91 Å². The van der Waals surface area contributed by atoms with E-state index in [4.69, 9.17) is 21.1 Å². The number of nitrogens with one attached hydrogen (secondary N) is 1. The lowest BCUT2D eigenvalue weighted by molar-refractivity contribution is -0.119. The molecule has 1 heterocycles. The van der Waals surface area contributed by atoms with Gasteiger partial charge in [-0.1, -0.05) is 29.8 Å². The van der Waals surface area contributed by atoms with Crippen molar-refractivity contribution in [3.8, 4) is 11.5 Å². The fourth-order valence-electron chi connectivity index (χ4n) is 3.96. The van der Waals surface area contributed by atoms with Gasteiger partial charge in [0.2, 0.25) is 5.91 Å². The molecule has 0 radical (unpaired) electrons. The number of carbonyl (C=O) groups excluding carboxylic acids is 2. The number of nitrogens with zero attached hydrogens (tertiary/aromatic N) is 1. The van der Waals surface area contributed by atoms with Gasteiger partial charge >= 0.3 is 0 Å². The second-order valence-corrected chi connectivity index (χ2v) is 7.84.